The van der Waals surface area contributed by atoms with Crippen molar-refractivity contribution in [2.45, 2.75) is 25.6 Å². The molecule has 0 saturated carbocycles. The van der Waals surface area contributed by atoms with Gasteiger partial charge in [-0.2, -0.15) is 13.2 Å². The maximum atomic E-state index is 12.8. The highest BCUT2D eigenvalue weighted by atomic mass is 19.4. The van der Waals surface area contributed by atoms with Crippen molar-refractivity contribution in [3.05, 3.63) is 59.8 Å². The first-order valence-corrected chi connectivity index (χ1v) is 6.95. The van der Waals surface area contributed by atoms with Crippen molar-refractivity contribution >= 4 is 5.91 Å². The van der Waals surface area contributed by atoms with Gasteiger partial charge in [0.1, 0.15) is 18.1 Å². The van der Waals surface area contributed by atoms with Gasteiger partial charge < -0.3 is 9.32 Å². The topological polar surface area (TPSA) is 33.5 Å². The Morgan fingerprint density at radius 3 is 2.39 bits per heavy atom. The molecule has 124 valence electrons. The van der Waals surface area contributed by atoms with Crippen LogP contribution >= 0.6 is 0 Å². The molecular formula is C16H15F4NO2. The van der Waals surface area contributed by atoms with Crippen LogP contribution in [0.5, 0.6) is 0 Å². The second-order valence-electron chi connectivity index (χ2n) is 5.07. The molecule has 7 heteroatoms. The molecule has 0 aliphatic carbocycles. The van der Waals surface area contributed by atoms with E-state index >= 15 is 0 Å². The first kappa shape index (κ1) is 17.1. The van der Waals surface area contributed by atoms with Crippen molar-refractivity contribution in [3.8, 4) is 0 Å². The van der Waals surface area contributed by atoms with Gasteiger partial charge in [-0.1, -0.05) is 12.1 Å². The van der Waals surface area contributed by atoms with Crippen molar-refractivity contribution in [2.24, 2.45) is 0 Å². The highest BCUT2D eigenvalue weighted by Crippen LogP contribution is 2.19. The Labute approximate surface area is 130 Å². The normalized spacial score (nSPS) is 11.5. The molecular weight excluding hydrogens is 314 g/mol. The van der Waals surface area contributed by atoms with E-state index in [0.29, 0.717) is 10.5 Å². The van der Waals surface area contributed by atoms with Crippen LogP contribution in [0.15, 0.2) is 47.1 Å². The van der Waals surface area contributed by atoms with Crippen LogP contribution in [0.4, 0.5) is 17.6 Å². The average molecular weight is 329 g/mol. The van der Waals surface area contributed by atoms with Gasteiger partial charge in [0.15, 0.2) is 0 Å². The Hall–Kier alpha value is -2.31. The molecule has 0 saturated heterocycles. The molecule has 1 heterocycles. The zero-order chi connectivity index (χ0) is 16.9. The Bertz CT molecular complexity index is 621. The minimum atomic E-state index is -4.49. The fourth-order valence-electron chi connectivity index (χ4n) is 2.10. The number of aryl methyl sites for hydroxylation is 1. The molecule has 0 aliphatic rings. The summed E-state index contributed by atoms with van der Waals surface area (Å²) in [7, 11) is 0. The molecule has 1 aromatic carbocycles. The van der Waals surface area contributed by atoms with Crippen LogP contribution in [0.25, 0.3) is 0 Å². The van der Waals surface area contributed by atoms with E-state index in [0.717, 1.165) is 0 Å². The van der Waals surface area contributed by atoms with E-state index in [1.54, 1.807) is 6.07 Å². The number of hydrogen-bond donors (Lipinski definition) is 0. The van der Waals surface area contributed by atoms with Crippen LogP contribution in [-0.4, -0.2) is 23.5 Å². The molecule has 3 nitrogen and oxygen atoms in total. The molecule has 0 aliphatic heterocycles. The highest BCUT2D eigenvalue weighted by Gasteiger charge is 2.33. The van der Waals surface area contributed by atoms with E-state index in [-0.39, 0.29) is 25.1 Å². The number of rotatable bonds is 6. The average Bonchev–Trinajstić information content (AvgIpc) is 2.97. The number of amides is 1. The summed E-state index contributed by atoms with van der Waals surface area (Å²) in [5, 5.41) is 0. The number of furan rings is 1. The van der Waals surface area contributed by atoms with Crippen LogP contribution in [0.1, 0.15) is 17.7 Å². The maximum absolute atomic E-state index is 12.8. The van der Waals surface area contributed by atoms with Gasteiger partial charge in [-0.3, -0.25) is 4.79 Å². The number of carbonyl (C=O) groups excluding carboxylic acids is 1. The molecule has 0 bridgehead atoms. The lowest BCUT2D eigenvalue weighted by molar-refractivity contribution is -0.162. The fourth-order valence-corrected chi connectivity index (χ4v) is 2.10. The Morgan fingerprint density at radius 1 is 1.13 bits per heavy atom. The minimum absolute atomic E-state index is 0.0948. The van der Waals surface area contributed by atoms with Crippen LogP contribution < -0.4 is 0 Å². The van der Waals surface area contributed by atoms with E-state index in [2.05, 4.69) is 0 Å². The number of halogens is 4. The second kappa shape index (κ2) is 7.30. The Morgan fingerprint density at radius 2 is 1.83 bits per heavy atom. The van der Waals surface area contributed by atoms with Gasteiger partial charge in [0.05, 0.1) is 12.8 Å². The largest absolute Gasteiger partial charge is 0.467 e. The van der Waals surface area contributed by atoms with Crippen molar-refractivity contribution in [3.63, 3.8) is 0 Å². The van der Waals surface area contributed by atoms with Gasteiger partial charge in [0.25, 0.3) is 0 Å². The lowest BCUT2D eigenvalue weighted by Crippen LogP contribution is -2.38. The van der Waals surface area contributed by atoms with Gasteiger partial charge in [0.2, 0.25) is 5.91 Å². The summed E-state index contributed by atoms with van der Waals surface area (Å²) in [4.78, 5) is 12.8. The van der Waals surface area contributed by atoms with Gasteiger partial charge >= 0.3 is 6.18 Å². The molecule has 2 aromatic rings. The molecule has 0 spiro atoms. The van der Waals surface area contributed by atoms with Crippen molar-refractivity contribution in [1.82, 2.24) is 4.90 Å². The number of benzene rings is 1. The maximum Gasteiger partial charge on any atom is 0.406 e. The van der Waals surface area contributed by atoms with E-state index in [4.69, 9.17) is 4.42 Å². The zero-order valence-corrected chi connectivity index (χ0v) is 12.1. The molecule has 0 N–H and O–H groups in total. The fraction of sp³-hybridized carbons (Fsp3) is 0.312. The summed E-state index contributed by atoms with van der Waals surface area (Å²) in [5.74, 6) is -0.760. The smallest absolute Gasteiger partial charge is 0.406 e. The number of hydrogen-bond acceptors (Lipinski definition) is 2. The summed E-state index contributed by atoms with van der Waals surface area (Å²) in [6.45, 7) is -1.58. The van der Waals surface area contributed by atoms with Crippen LogP contribution in [0.3, 0.4) is 0 Å². The quantitative estimate of drug-likeness (QED) is 0.752. The third kappa shape index (κ3) is 5.77. The van der Waals surface area contributed by atoms with E-state index in [1.807, 2.05) is 0 Å². The number of carbonyl (C=O) groups is 1. The lowest BCUT2D eigenvalue weighted by Gasteiger charge is -2.23. The van der Waals surface area contributed by atoms with E-state index in [9.17, 15) is 22.4 Å². The second-order valence-corrected chi connectivity index (χ2v) is 5.07. The van der Waals surface area contributed by atoms with E-state index < -0.39 is 24.4 Å². The molecule has 23 heavy (non-hydrogen) atoms. The van der Waals surface area contributed by atoms with Crippen molar-refractivity contribution < 1.29 is 26.8 Å². The zero-order valence-electron chi connectivity index (χ0n) is 12.1. The molecule has 0 fully saturated rings. The summed E-state index contributed by atoms with van der Waals surface area (Å²) < 4.78 is 55.7. The Balaban J connectivity index is 1.98. The van der Waals surface area contributed by atoms with Gasteiger partial charge in [-0.15, -0.1) is 0 Å². The highest BCUT2D eigenvalue weighted by molar-refractivity contribution is 5.76. The van der Waals surface area contributed by atoms with Crippen LogP contribution in [0, 0.1) is 5.82 Å². The van der Waals surface area contributed by atoms with E-state index in [1.165, 1.54) is 36.6 Å². The lowest BCUT2D eigenvalue weighted by atomic mass is 10.1. The van der Waals surface area contributed by atoms with Gasteiger partial charge in [-0.25, -0.2) is 4.39 Å². The molecule has 0 atom stereocenters. The molecule has 2 rings (SSSR count). The SMILES string of the molecule is O=C(CCc1ccc(F)cc1)N(Cc1ccco1)CC(F)(F)F. The minimum Gasteiger partial charge on any atom is -0.467 e. The molecule has 0 radical (unpaired) electrons. The third-order valence-corrected chi connectivity index (χ3v) is 3.19. The van der Waals surface area contributed by atoms with Crippen LogP contribution in [0.2, 0.25) is 0 Å². The summed E-state index contributed by atoms with van der Waals surface area (Å²) in [6.07, 6.45) is -3.00. The number of nitrogens with zero attached hydrogens (tertiary/aromatic N) is 1. The van der Waals surface area contributed by atoms with Crippen molar-refractivity contribution in [2.75, 3.05) is 6.54 Å². The first-order chi connectivity index (χ1) is 10.8. The molecule has 1 aromatic heterocycles. The van der Waals surface area contributed by atoms with Crippen LogP contribution in [-0.2, 0) is 17.8 Å². The van der Waals surface area contributed by atoms with Crippen molar-refractivity contribution in [1.29, 1.82) is 0 Å². The Kier molecular flexibility index (Phi) is 5.41. The third-order valence-electron chi connectivity index (χ3n) is 3.19. The molecule has 1 amide bonds. The predicted molar refractivity (Wildman–Crippen MR) is 74.9 cm³/mol. The standard InChI is InChI=1S/C16H15F4NO2/c17-13-6-3-12(4-7-13)5-8-15(22)21(11-16(18,19)20)10-14-2-1-9-23-14/h1-4,6-7,9H,5,8,10-11H2. The number of alkyl halides is 3. The monoisotopic (exact) mass is 329 g/mol. The molecule has 0 unspecified atom stereocenters. The van der Waals surface area contributed by atoms with Gasteiger partial charge in [-0.05, 0) is 36.2 Å². The predicted octanol–water partition coefficient (Wildman–Crippen LogP) is 3.94. The summed E-state index contributed by atoms with van der Waals surface area (Å²) in [6, 6.07) is 8.56. The summed E-state index contributed by atoms with van der Waals surface area (Å²) in [5.41, 5.74) is 0.685. The van der Waals surface area contributed by atoms with Gasteiger partial charge in [0, 0.05) is 6.42 Å². The summed E-state index contributed by atoms with van der Waals surface area (Å²) >= 11 is 0. The first-order valence-electron chi connectivity index (χ1n) is 6.95.